The Balaban J connectivity index is 2.68. The van der Waals surface area contributed by atoms with Gasteiger partial charge in [0.2, 0.25) is 0 Å². The summed E-state index contributed by atoms with van der Waals surface area (Å²) in [5.74, 6) is -1.23. The van der Waals surface area contributed by atoms with Gasteiger partial charge in [-0.2, -0.15) is 5.10 Å². The van der Waals surface area contributed by atoms with Crippen LogP contribution in [0, 0.1) is 18.6 Å². The molecule has 14 heavy (non-hydrogen) atoms. The second-order valence-electron chi connectivity index (χ2n) is 2.95. The maximum atomic E-state index is 13.3. The molecule has 4 heteroatoms. The quantitative estimate of drug-likeness (QED) is 0.681. The standard InChI is InChI=1S/C10H8F2N2/c1-7-5-6-13-14(7)10-8(11)3-2-4-9(10)12/h2-6H,1H3. The van der Waals surface area contributed by atoms with E-state index in [2.05, 4.69) is 5.10 Å². The summed E-state index contributed by atoms with van der Waals surface area (Å²) < 4.78 is 27.8. The molecule has 72 valence electrons. The molecule has 1 heterocycles. The summed E-state index contributed by atoms with van der Waals surface area (Å²) in [6.45, 7) is 1.74. The third kappa shape index (κ3) is 1.28. The molecule has 0 N–H and O–H groups in total. The van der Waals surface area contributed by atoms with Crippen LogP contribution in [0.4, 0.5) is 8.78 Å². The molecule has 0 aliphatic rings. The first-order valence-electron chi connectivity index (χ1n) is 4.15. The molecule has 2 nitrogen and oxygen atoms in total. The van der Waals surface area contributed by atoms with Crippen LogP contribution in [0.2, 0.25) is 0 Å². The first kappa shape index (κ1) is 8.87. The largest absolute Gasteiger partial charge is 0.232 e. The van der Waals surface area contributed by atoms with Gasteiger partial charge in [0, 0.05) is 11.9 Å². The van der Waals surface area contributed by atoms with Crippen LogP contribution in [0.1, 0.15) is 5.69 Å². The van der Waals surface area contributed by atoms with Gasteiger partial charge < -0.3 is 0 Å². The lowest BCUT2D eigenvalue weighted by atomic mass is 10.3. The first-order chi connectivity index (χ1) is 6.70. The van der Waals surface area contributed by atoms with Crippen LogP contribution in [-0.2, 0) is 0 Å². The average molecular weight is 194 g/mol. The van der Waals surface area contributed by atoms with E-state index in [0.717, 1.165) is 0 Å². The zero-order chi connectivity index (χ0) is 10.1. The molecule has 1 aromatic carbocycles. The zero-order valence-corrected chi connectivity index (χ0v) is 7.54. The number of aryl methyl sites for hydroxylation is 1. The fourth-order valence-corrected chi connectivity index (χ4v) is 1.29. The summed E-state index contributed by atoms with van der Waals surface area (Å²) in [6, 6.07) is 5.43. The van der Waals surface area contributed by atoms with E-state index in [1.54, 1.807) is 13.0 Å². The average Bonchev–Trinajstić information content (AvgIpc) is 2.52. The Morgan fingerprint density at radius 2 is 1.79 bits per heavy atom. The molecular weight excluding hydrogens is 186 g/mol. The van der Waals surface area contributed by atoms with Crippen molar-refractivity contribution < 1.29 is 8.78 Å². The Hall–Kier alpha value is -1.71. The molecule has 0 bridgehead atoms. The van der Waals surface area contributed by atoms with Crippen LogP contribution in [0.25, 0.3) is 5.69 Å². The van der Waals surface area contributed by atoms with Crippen molar-refractivity contribution in [1.82, 2.24) is 9.78 Å². The summed E-state index contributed by atoms with van der Waals surface area (Å²) in [6.07, 6.45) is 1.50. The van der Waals surface area contributed by atoms with Crippen molar-refractivity contribution in [3.8, 4) is 5.69 Å². The van der Waals surface area contributed by atoms with E-state index in [-0.39, 0.29) is 5.69 Å². The molecule has 0 aliphatic carbocycles. The molecule has 0 unspecified atom stereocenters. The van der Waals surface area contributed by atoms with Crippen molar-refractivity contribution in [3.05, 3.63) is 47.8 Å². The third-order valence-electron chi connectivity index (χ3n) is 1.98. The van der Waals surface area contributed by atoms with Gasteiger partial charge in [-0.25, -0.2) is 13.5 Å². The lowest BCUT2D eigenvalue weighted by molar-refractivity contribution is 0.557. The van der Waals surface area contributed by atoms with E-state index >= 15 is 0 Å². The van der Waals surface area contributed by atoms with Crippen LogP contribution < -0.4 is 0 Å². The van der Waals surface area contributed by atoms with Crippen molar-refractivity contribution >= 4 is 0 Å². The summed E-state index contributed by atoms with van der Waals surface area (Å²) >= 11 is 0. The minimum Gasteiger partial charge on any atom is -0.232 e. The van der Waals surface area contributed by atoms with E-state index < -0.39 is 11.6 Å². The predicted molar refractivity (Wildman–Crippen MR) is 48.2 cm³/mol. The van der Waals surface area contributed by atoms with E-state index in [0.29, 0.717) is 5.69 Å². The maximum absolute atomic E-state index is 13.3. The Morgan fingerprint density at radius 1 is 1.14 bits per heavy atom. The molecular formula is C10H8F2N2. The predicted octanol–water partition coefficient (Wildman–Crippen LogP) is 2.46. The highest BCUT2D eigenvalue weighted by Crippen LogP contribution is 2.17. The topological polar surface area (TPSA) is 17.8 Å². The lowest BCUT2D eigenvalue weighted by Gasteiger charge is -2.06. The van der Waals surface area contributed by atoms with E-state index in [4.69, 9.17) is 0 Å². The van der Waals surface area contributed by atoms with Gasteiger partial charge in [0.15, 0.2) is 11.6 Å². The number of aromatic nitrogens is 2. The number of rotatable bonds is 1. The molecule has 0 fully saturated rings. The molecule has 0 saturated carbocycles. The van der Waals surface area contributed by atoms with Gasteiger partial charge in [-0.3, -0.25) is 0 Å². The van der Waals surface area contributed by atoms with Crippen molar-refractivity contribution in [2.45, 2.75) is 6.92 Å². The molecule has 0 aliphatic heterocycles. The monoisotopic (exact) mass is 194 g/mol. The maximum Gasteiger partial charge on any atom is 0.151 e. The number of hydrogen-bond acceptors (Lipinski definition) is 1. The highest BCUT2D eigenvalue weighted by atomic mass is 19.1. The second-order valence-corrected chi connectivity index (χ2v) is 2.95. The molecule has 2 rings (SSSR count). The van der Waals surface area contributed by atoms with Gasteiger partial charge >= 0.3 is 0 Å². The number of para-hydroxylation sites is 1. The third-order valence-corrected chi connectivity index (χ3v) is 1.98. The summed E-state index contributed by atoms with van der Waals surface area (Å²) in [5, 5.41) is 3.84. The smallest absolute Gasteiger partial charge is 0.151 e. The number of benzene rings is 1. The summed E-state index contributed by atoms with van der Waals surface area (Å²) in [5.41, 5.74) is 0.559. The highest BCUT2D eigenvalue weighted by Gasteiger charge is 2.12. The first-order valence-corrected chi connectivity index (χ1v) is 4.15. The van der Waals surface area contributed by atoms with Crippen LogP contribution in [0.5, 0.6) is 0 Å². The number of halogens is 2. The summed E-state index contributed by atoms with van der Waals surface area (Å²) in [7, 11) is 0. The van der Waals surface area contributed by atoms with Gasteiger partial charge in [0.05, 0.1) is 0 Å². The fourth-order valence-electron chi connectivity index (χ4n) is 1.29. The van der Waals surface area contributed by atoms with E-state index in [1.165, 1.54) is 29.1 Å². The van der Waals surface area contributed by atoms with Crippen molar-refractivity contribution in [1.29, 1.82) is 0 Å². The molecule has 2 aromatic rings. The molecule has 0 amide bonds. The Labute approximate surface area is 79.8 Å². The zero-order valence-electron chi connectivity index (χ0n) is 7.54. The highest BCUT2D eigenvalue weighted by molar-refractivity contribution is 5.35. The van der Waals surface area contributed by atoms with Gasteiger partial charge in [0.25, 0.3) is 0 Å². The molecule has 0 atom stereocenters. The molecule has 1 aromatic heterocycles. The van der Waals surface area contributed by atoms with Crippen LogP contribution in [0.15, 0.2) is 30.5 Å². The fraction of sp³-hybridized carbons (Fsp3) is 0.100. The Morgan fingerprint density at radius 3 is 2.29 bits per heavy atom. The molecule has 0 spiro atoms. The van der Waals surface area contributed by atoms with Gasteiger partial charge in [-0.1, -0.05) is 6.07 Å². The van der Waals surface area contributed by atoms with E-state index in [1.807, 2.05) is 0 Å². The number of hydrogen-bond donors (Lipinski definition) is 0. The van der Waals surface area contributed by atoms with Gasteiger partial charge in [0.1, 0.15) is 5.69 Å². The Bertz CT molecular complexity index is 443. The number of nitrogens with zero attached hydrogens (tertiary/aromatic N) is 2. The van der Waals surface area contributed by atoms with Crippen LogP contribution >= 0.6 is 0 Å². The van der Waals surface area contributed by atoms with Crippen molar-refractivity contribution in [2.24, 2.45) is 0 Å². The van der Waals surface area contributed by atoms with Gasteiger partial charge in [-0.05, 0) is 25.1 Å². The SMILES string of the molecule is Cc1ccnn1-c1c(F)cccc1F. The molecule has 0 radical (unpaired) electrons. The van der Waals surface area contributed by atoms with Crippen molar-refractivity contribution in [3.63, 3.8) is 0 Å². The van der Waals surface area contributed by atoms with Crippen LogP contribution in [0.3, 0.4) is 0 Å². The Kier molecular flexibility index (Phi) is 2.04. The lowest BCUT2D eigenvalue weighted by Crippen LogP contribution is -2.04. The second kappa shape index (κ2) is 3.21. The normalized spacial score (nSPS) is 10.5. The van der Waals surface area contributed by atoms with Gasteiger partial charge in [-0.15, -0.1) is 0 Å². The van der Waals surface area contributed by atoms with E-state index in [9.17, 15) is 8.78 Å². The minimum atomic E-state index is -0.614. The van der Waals surface area contributed by atoms with Crippen LogP contribution in [-0.4, -0.2) is 9.78 Å². The van der Waals surface area contributed by atoms with Crippen molar-refractivity contribution in [2.75, 3.05) is 0 Å². The minimum absolute atomic E-state index is 0.130. The summed E-state index contributed by atoms with van der Waals surface area (Å²) in [4.78, 5) is 0. The molecule has 0 saturated heterocycles.